The van der Waals surface area contributed by atoms with Crippen molar-refractivity contribution in [2.75, 3.05) is 5.32 Å². The number of nitrogens with one attached hydrogen (secondary N) is 1. The molecule has 0 amide bonds. The summed E-state index contributed by atoms with van der Waals surface area (Å²) in [5.41, 5.74) is -0.0326. The minimum atomic E-state index is -4.44. The number of alkyl halides is 3. The molecular weight excluding hydrogens is 297 g/mol. The summed E-state index contributed by atoms with van der Waals surface area (Å²) in [5, 5.41) is 5.31. The fourth-order valence-electron chi connectivity index (χ4n) is 1.59. The topological polar surface area (TPSA) is 24.9 Å². The molecule has 19 heavy (non-hydrogen) atoms. The maximum Gasteiger partial charge on any atom is 0.418 e. The highest BCUT2D eigenvalue weighted by atomic mass is 35.5. The smallest absolute Gasteiger partial charge is 0.377 e. The normalized spacial score (nSPS) is 11.6. The van der Waals surface area contributed by atoms with E-state index in [0.29, 0.717) is 5.01 Å². The van der Waals surface area contributed by atoms with E-state index in [2.05, 4.69) is 10.3 Å². The summed E-state index contributed by atoms with van der Waals surface area (Å²) in [6.07, 6.45) is -4.44. The number of halogens is 4. The number of hydrogen-bond donors (Lipinski definition) is 1. The van der Waals surface area contributed by atoms with E-state index in [4.69, 9.17) is 11.6 Å². The Labute approximate surface area is 117 Å². The Balaban J connectivity index is 2.24. The molecule has 2 rings (SSSR count). The zero-order valence-electron chi connectivity index (χ0n) is 9.88. The van der Waals surface area contributed by atoms with E-state index in [-0.39, 0.29) is 17.3 Å². The van der Waals surface area contributed by atoms with Crippen molar-refractivity contribution in [1.82, 2.24) is 4.98 Å². The Morgan fingerprint density at radius 1 is 1.37 bits per heavy atom. The number of aryl methyl sites for hydroxylation is 1. The number of aromatic nitrogens is 1. The summed E-state index contributed by atoms with van der Waals surface area (Å²) in [5.74, 6) is 0. The molecule has 0 bridgehead atoms. The summed E-state index contributed by atoms with van der Waals surface area (Å²) < 4.78 is 38.5. The molecule has 2 aromatic rings. The average molecular weight is 307 g/mol. The van der Waals surface area contributed by atoms with Gasteiger partial charge in [-0.1, -0.05) is 17.7 Å². The molecule has 0 aliphatic heterocycles. The van der Waals surface area contributed by atoms with Crippen LogP contribution in [0, 0.1) is 6.92 Å². The van der Waals surface area contributed by atoms with Gasteiger partial charge in [-0.25, -0.2) is 4.98 Å². The number of anilines is 1. The largest absolute Gasteiger partial charge is 0.418 e. The molecule has 0 saturated carbocycles. The molecular formula is C12H10ClF3N2S. The molecule has 1 aromatic heterocycles. The Bertz CT molecular complexity index is 581. The summed E-state index contributed by atoms with van der Waals surface area (Å²) in [7, 11) is 0. The fourth-order valence-corrected chi connectivity index (χ4v) is 2.54. The SMILES string of the molecule is Cc1csc(CNc2c(Cl)cccc2C(F)(F)F)n1. The molecule has 0 saturated heterocycles. The van der Waals surface area contributed by atoms with Crippen molar-refractivity contribution in [1.29, 1.82) is 0 Å². The quantitative estimate of drug-likeness (QED) is 0.886. The number of thiazole rings is 1. The number of benzene rings is 1. The van der Waals surface area contributed by atoms with Crippen LogP contribution in [0.4, 0.5) is 18.9 Å². The lowest BCUT2D eigenvalue weighted by atomic mass is 10.1. The molecule has 2 nitrogen and oxygen atoms in total. The Hall–Kier alpha value is -1.27. The second-order valence-corrected chi connectivity index (χ2v) is 5.25. The average Bonchev–Trinajstić information content (AvgIpc) is 2.72. The summed E-state index contributed by atoms with van der Waals surface area (Å²) in [6.45, 7) is 2.04. The van der Waals surface area contributed by atoms with Crippen molar-refractivity contribution in [3.8, 4) is 0 Å². The zero-order chi connectivity index (χ0) is 14.0. The molecule has 1 heterocycles. The van der Waals surface area contributed by atoms with Crippen LogP contribution >= 0.6 is 22.9 Å². The monoisotopic (exact) mass is 306 g/mol. The first-order valence-electron chi connectivity index (χ1n) is 5.38. The zero-order valence-corrected chi connectivity index (χ0v) is 11.5. The lowest BCUT2D eigenvalue weighted by molar-refractivity contribution is -0.136. The van der Waals surface area contributed by atoms with Gasteiger partial charge in [0.25, 0.3) is 0 Å². The van der Waals surface area contributed by atoms with Crippen LogP contribution in [-0.4, -0.2) is 4.98 Å². The van der Waals surface area contributed by atoms with Crippen LogP contribution < -0.4 is 5.32 Å². The molecule has 0 fully saturated rings. The van der Waals surface area contributed by atoms with Gasteiger partial charge in [-0.3, -0.25) is 0 Å². The minimum Gasteiger partial charge on any atom is -0.377 e. The molecule has 0 aliphatic carbocycles. The van der Waals surface area contributed by atoms with Crippen molar-refractivity contribution >= 4 is 28.6 Å². The molecule has 0 atom stereocenters. The fraction of sp³-hybridized carbons (Fsp3) is 0.250. The van der Waals surface area contributed by atoms with Crippen LogP contribution in [0.1, 0.15) is 16.3 Å². The number of rotatable bonds is 3. The first-order chi connectivity index (χ1) is 8.88. The first-order valence-corrected chi connectivity index (χ1v) is 6.64. The second kappa shape index (κ2) is 5.38. The molecule has 7 heteroatoms. The predicted molar refractivity (Wildman–Crippen MR) is 70.6 cm³/mol. The highest BCUT2D eigenvalue weighted by molar-refractivity contribution is 7.09. The van der Waals surface area contributed by atoms with Crippen LogP contribution in [-0.2, 0) is 12.7 Å². The van der Waals surface area contributed by atoms with Gasteiger partial charge in [-0.2, -0.15) is 13.2 Å². The van der Waals surface area contributed by atoms with E-state index >= 15 is 0 Å². The Morgan fingerprint density at radius 2 is 2.11 bits per heavy atom. The van der Waals surface area contributed by atoms with Gasteiger partial charge in [0.2, 0.25) is 0 Å². The van der Waals surface area contributed by atoms with Crippen LogP contribution in [0.25, 0.3) is 0 Å². The van der Waals surface area contributed by atoms with E-state index < -0.39 is 11.7 Å². The van der Waals surface area contributed by atoms with E-state index in [1.807, 2.05) is 12.3 Å². The number of nitrogens with zero attached hydrogens (tertiary/aromatic N) is 1. The van der Waals surface area contributed by atoms with Crippen molar-refractivity contribution in [2.24, 2.45) is 0 Å². The summed E-state index contributed by atoms with van der Waals surface area (Å²) in [6, 6.07) is 3.71. The van der Waals surface area contributed by atoms with E-state index in [1.54, 1.807) is 0 Å². The summed E-state index contributed by atoms with van der Waals surface area (Å²) in [4.78, 5) is 4.18. The molecule has 0 spiro atoms. The molecule has 1 aromatic carbocycles. The number of para-hydroxylation sites is 1. The van der Waals surface area contributed by atoms with Gasteiger partial charge in [-0.05, 0) is 19.1 Å². The van der Waals surface area contributed by atoms with Gasteiger partial charge in [-0.15, -0.1) is 11.3 Å². The number of hydrogen-bond acceptors (Lipinski definition) is 3. The third-order valence-electron chi connectivity index (χ3n) is 2.40. The van der Waals surface area contributed by atoms with Crippen molar-refractivity contribution in [2.45, 2.75) is 19.6 Å². The highest BCUT2D eigenvalue weighted by Gasteiger charge is 2.34. The van der Waals surface area contributed by atoms with Crippen LogP contribution in [0.2, 0.25) is 5.02 Å². The molecule has 1 N–H and O–H groups in total. The molecule has 0 radical (unpaired) electrons. The molecule has 102 valence electrons. The summed E-state index contributed by atoms with van der Waals surface area (Å²) >= 11 is 7.22. The van der Waals surface area contributed by atoms with E-state index in [0.717, 1.165) is 11.8 Å². The molecule has 0 aliphatic rings. The van der Waals surface area contributed by atoms with Crippen molar-refractivity contribution in [3.05, 3.63) is 44.9 Å². The van der Waals surface area contributed by atoms with Gasteiger partial charge >= 0.3 is 6.18 Å². The van der Waals surface area contributed by atoms with Crippen molar-refractivity contribution in [3.63, 3.8) is 0 Å². The third kappa shape index (κ3) is 3.39. The highest BCUT2D eigenvalue weighted by Crippen LogP contribution is 2.38. The van der Waals surface area contributed by atoms with Gasteiger partial charge in [0.15, 0.2) is 0 Å². The maximum atomic E-state index is 12.8. The van der Waals surface area contributed by atoms with Gasteiger partial charge in [0.1, 0.15) is 5.01 Å². The second-order valence-electron chi connectivity index (χ2n) is 3.90. The first kappa shape index (κ1) is 14.1. The Kier molecular flexibility index (Phi) is 4.01. The molecule has 0 unspecified atom stereocenters. The van der Waals surface area contributed by atoms with Crippen LogP contribution in [0.15, 0.2) is 23.6 Å². The Morgan fingerprint density at radius 3 is 2.68 bits per heavy atom. The van der Waals surface area contributed by atoms with Crippen LogP contribution in [0.5, 0.6) is 0 Å². The van der Waals surface area contributed by atoms with Gasteiger partial charge in [0, 0.05) is 11.1 Å². The predicted octanol–water partition coefficient (Wildman–Crippen LogP) is 4.74. The maximum absolute atomic E-state index is 12.8. The minimum absolute atomic E-state index is 0.0445. The van der Waals surface area contributed by atoms with Crippen molar-refractivity contribution < 1.29 is 13.2 Å². The van der Waals surface area contributed by atoms with Gasteiger partial charge < -0.3 is 5.32 Å². The lowest BCUT2D eigenvalue weighted by Crippen LogP contribution is -2.11. The van der Waals surface area contributed by atoms with Gasteiger partial charge in [0.05, 0.1) is 22.8 Å². The van der Waals surface area contributed by atoms with E-state index in [1.165, 1.54) is 23.5 Å². The standard InChI is InChI=1S/C12H10ClF3N2S/c1-7-6-19-10(18-7)5-17-11-8(12(14,15)16)3-2-4-9(11)13/h2-4,6,17H,5H2,1H3. The lowest BCUT2D eigenvalue weighted by Gasteiger charge is -2.15. The van der Waals surface area contributed by atoms with E-state index in [9.17, 15) is 13.2 Å². The third-order valence-corrected chi connectivity index (χ3v) is 3.68. The van der Waals surface area contributed by atoms with Crippen LogP contribution in [0.3, 0.4) is 0 Å².